The summed E-state index contributed by atoms with van der Waals surface area (Å²) < 4.78 is 43.9. The molecule has 5 aromatic carbocycles. The molecule has 0 bridgehead atoms. The van der Waals surface area contributed by atoms with Gasteiger partial charge in [0, 0.05) is 52.0 Å². The van der Waals surface area contributed by atoms with Crippen LogP contribution in [0.4, 0.5) is 29.2 Å². The van der Waals surface area contributed by atoms with Crippen LogP contribution in [0.5, 0.6) is 34.5 Å². The number of benzene rings is 5. The van der Waals surface area contributed by atoms with E-state index in [2.05, 4.69) is 264 Å². The van der Waals surface area contributed by atoms with Crippen LogP contribution in [0, 0.1) is 11.3 Å². The van der Waals surface area contributed by atoms with E-state index in [9.17, 15) is 10.4 Å². The first kappa shape index (κ1) is 106. The summed E-state index contributed by atoms with van der Waals surface area (Å²) in [6.07, 6.45) is 11.8. The molecule has 0 atom stereocenters. The third-order valence-corrected chi connectivity index (χ3v) is 42.2. The zero-order chi connectivity index (χ0) is 96.7. The minimum atomic E-state index is -1.97. The molecule has 0 aliphatic carbocycles. The number of allylic oxidation sites excluding steroid dienone is 1. The van der Waals surface area contributed by atoms with E-state index < -0.39 is 39.3 Å². The van der Waals surface area contributed by atoms with Gasteiger partial charge in [-0.25, -0.2) is 15.0 Å². The summed E-state index contributed by atoms with van der Waals surface area (Å²) in [6, 6.07) is 42.0. The maximum atomic E-state index is 9.75. The monoisotopic (exact) mass is 1840 g/mol. The first-order valence-electron chi connectivity index (χ1n) is 44.5. The molecule has 0 saturated heterocycles. The Balaban J connectivity index is 0.000000231. The van der Waals surface area contributed by atoms with Gasteiger partial charge in [-0.2, -0.15) is 15.2 Å². The second-order valence-corrected chi connectivity index (χ2v) is 59.1. The third kappa shape index (κ3) is 30.9. The summed E-state index contributed by atoms with van der Waals surface area (Å²) in [6.45, 7) is 63.0. The summed E-state index contributed by atoms with van der Waals surface area (Å²) >= 11 is 0. The number of aliphatic hydroxyl groups is 2. The van der Waals surface area contributed by atoms with Gasteiger partial charge in [-0.3, -0.25) is 19.9 Å². The number of pyridine rings is 4. The quantitative estimate of drug-likeness (QED) is 0.00634. The van der Waals surface area contributed by atoms with Crippen molar-refractivity contribution in [2.24, 2.45) is 16.5 Å². The van der Waals surface area contributed by atoms with Gasteiger partial charge in [-0.05, 0) is 203 Å². The summed E-state index contributed by atoms with van der Waals surface area (Å²) in [5, 5.41) is 51.2. The molecular formula is C99H145N17O10Si4. The van der Waals surface area contributed by atoms with Crippen LogP contribution in [0.2, 0.25) is 72.5 Å². The summed E-state index contributed by atoms with van der Waals surface area (Å²) in [7, 11) is -7.59. The number of phenols is 1. The van der Waals surface area contributed by atoms with Gasteiger partial charge in [-0.1, -0.05) is 181 Å². The van der Waals surface area contributed by atoms with Gasteiger partial charge in [-0.15, -0.1) is 0 Å². The molecule has 31 heteroatoms. The first-order valence-corrected chi connectivity index (χ1v) is 56.1. The van der Waals surface area contributed by atoms with Gasteiger partial charge in [0.25, 0.3) is 0 Å². The lowest BCUT2D eigenvalue weighted by Crippen LogP contribution is -2.47. The lowest BCUT2D eigenvalue weighted by Gasteiger charge is -2.39. The van der Waals surface area contributed by atoms with Crippen molar-refractivity contribution in [3.05, 3.63) is 199 Å². The molecule has 0 unspecified atom stereocenters. The van der Waals surface area contributed by atoms with Crippen molar-refractivity contribution in [3.8, 4) is 40.6 Å². The van der Waals surface area contributed by atoms with Gasteiger partial charge in [0.15, 0.2) is 62.4 Å². The highest BCUT2D eigenvalue weighted by Gasteiger charge is 2.42. The normalized spacial score (nSPS) is 12.4. The Kier molecular flexibility index (Phi) is 37.9. The Labute approximate surface area is 775 Å². The van der Waals surface area contributed by atoms with Crippen LogP contribution < -0.4 is 53.1 Å². The maximum absolute atomic E-state index is 9.75. The molecule has 11 aromatic rings. The summed E-state index contributed by atoms with van der Waals surface area (Å²) in [4.78, 5) is 39.3. The highest BCUT2D eigenvalue weighted by atomic mass is 28.4. The molecule has 0 spiro atoms. The standard InChI is InChI=1S/C31H51N5O3Si2.C21H19N3O.C19H23N5O3.C16H39N3O2Si2.C12H13NO/c1-21(2)24-17-25-22(14-13-15-33-25)16-26(24)39-27-18-34-29(36-28(27)32)35-23(19-37-40(9,10)30(3,4)5)20-38-41(11,12)31(6,7)8;1-15(2)19-12-20-16(7-6-10-23-20)11-21(19)25-18(13-22)14-24-17-8-4-3-5-9-17;1-11(2)14-7-15-12(4-3-5-21-15)6-16(14)27-17-8-22-19(24-18(17)20)23-13(9-25)10-26;1-15(2,3)22(7,8)20-11-13(19-14(17)18)12-21-23(9,10)16(4,5)6;1-8(2)10-7-11-9(6-12(10)14)4-3-5-13-11/h13-18,21,23H,19-20H2,1-12H3,(H3,32,34,35,36);3-12,14-15,24H,1-2H3;3-8,11,13,25-26H,9-10H2,1-2H3,(H3,20,22,23,24);13H,11-12H2,1-10H3,(H4,17,18,19);3-8,14H,1-2H3/b;18-14+;;;. The lowest BCUT2D eigenvalue weighted by atomic mass is 10.00. The molecule has 0 aliphatic rings. The number of para-hydroxylation sites is 1. The smallest absolute Gasteiger partial charge is 0.225 e. The molecule has 702 valence electrons. The van der Waals surface area contributed by atoms with Crippen LogP contribution in [0.25, 0.3) is 43.6 Å². The molecule has 6 aromatic heterocycles. The molecule has 27 nitrogen and oxygen atoms in total. The fourth-order valence-electron chi connectivity index (χ4n) is 11.8. The maximum Gasteiger partial charge on any atom is 0.225 e. The summed E-state index contributed by atoms with van der Waals surface area (Å²) in [5.41, 5.74) is 32.2. The van der Waals surface area contributed by atoms with Gasteiger partial charge in [0.1, 0.15) is 29.1 Å². The van der Waals surface area contributed by atoms with Crippen LogP contribution in [0.1, 0.15) is 184 Å². The number of aliphatic imine (C=N–C) groups is 1. The molecule has 0 radical (unpaired) electrons. The van der Waals surface area contributed by atoms with E-state index in [1.165, 1.54) is 6.20 Å². The Morgan fingerprint density at radius 2 is 0.769 bits per heavy atom. The molecule has 0 amide bonds. The van der Waals surface area contributed by atoms with Gasteiger partial charge >= 0.3 is 0 Å². The molecule has 0 aliphatic heterocycles. The predicted molar refractivity (Wildman–Crippen MR) is 544 cm³/mol. The number of aromatic nitrogens is 8. The van der Waals surface area contributed by atoms with Crippen molar-refractivity contribution in [1.29, 1.82) is 5.26 Å². The zero-order valence-electron chi connectivity index (χ0n) is 81.9. The zero-order valence-corrected chi connectivity index (χ0v) is 85.9. The van der Waals surface area contributed by atoms with Crippen molar-refractivity contribution in [3.63, 3.8) is 0 Å². The highest BCUT2D eigenvalue weighted by molar-refractivity contribution is 6.75. The van der Waals surface area contributed by atoms with Crippen molar-refractivity contribution in [2.45, 2.75) is 253 Å². The number of rotatable bonds is 31. The average molecular weight is 1850 g/mol. The number of aliphatic hydroxyl groups excluding tert-OH is 2. The third-order valence-electron chi connectivity index (χ3n) is 24.2. The summed E-state index contributed by atoms with van der Waals surface area (Å²) in [5.74, 6) is 5.55. The van der Waals surface area contributed by atoms with Gasteiger partial charge < -0.3 is 86.1 Å². The second kappa shape index (κ2) is 46.3. The van der Waals surface area contributed by atoms with Crippen molar-refractivity contribution < 1.29 is 47.2 Å². The van der Waals surface area contributed by atoms with E-state index in [1.807, 2.05) is 115 Å². The number of nitrogens with zero attached hydrogens (tertiary/aromatic N) is 10. The van der Waals surface area contributed by atoms with E-state index in [1.54, 1.807) is 43.3 Å². The van der Waals surface area contributed by atoms with Crippen molar-refractivity contribution in [2.75, 3.05) is 67.1 Å². The van der Waals surface area contributed by atoms with Crippen molar-refractivity contribution >= 4 is 112 Å². The number of phenolic OH excluding ortho intramolecular Hbond substituents is 1. The minimum absolute atomic E-state index is 0.0904. The van der Waals surface area contributed by atoms with Crippen LogP contribution in [0.3, 0.4) is 0 Å². The van der Waals surface area contributed by atoms with Gasteiger partial charge in [0.2, 0.25) is 17.7 Å². The predicted octanol–water partition coefficient (Wildman–Crippen LogP) is 22.6. The number of anilines is 5. The molecular weight excluding hydrogens is 1700 g/mol. The number of nitriles is 1. The Bertz CT molecular complexity index is 5540. The SMILES string of the molecule is CC(C)(C)[Si](C)(C)OCC(CO[Si](C)(C)C(C)(C)C)N=C(N)N.CC(C)c1cc2ncccc2cc1O.CC(C)c1cc2ncccc2cc1O/C(C#N)=C/Nc1ccccc1.CC(C)c1cc2ncccc2cc1Oc1cnc(NC(CO)CO)nc1N.CC(C)c1cc2ncccc2cc1Oc1cnc(NC(CO[Si](C)(C)C(C)(C)C)CO[Si](C)(C)C(C)(C)C)nc1N. The number of hydrogen-bond donors (Lipinski definition) is 10. The number of nitrogen functional groups attached to an aromatic ring is 2. The fourth-order valence-corrected chi connectivity index (χ4v) is 16.0. The molecule has 0 fully saturated rings. The molecule has 0 saturated carbocycles. The second-order valence-electron chi connectivity index (χ2n) is 39.8. The number of hydrogen-bond acceptors (Lipinski definition) is 25. The largest absolute Gasteiger partial charge is 0.508 e. The van der Waals surface area contributed by atoms with Crippen LogP contribution in [-0.2, 0) is 17.7 Å². The van der Waals surface area contributed by atoms with E-state index >= 15 is 0 Å². The number of aromatic hydroxyl groups is 1. The van der Waals surface area contributed by atoms with E-state index in [0.29, 0.717) is 67.0 Å². The number of nitrogens with two attached hydrogens (primary N) is 4. The fraction of sp³-hybridized carbons (Fsp3) is 0.455. The molecule has 130 heavy (non-hydrogen) atoms. The number of guanidine groups is 1. The van der Waals surface area contributed by atoms with Crippen LogP contribution >= 0.6 is 0 Å². The number of nitrogens with one attached hydrogen (secondary N) is 3. The van der Waals surface area contributed by atoms with Crippen LogP contribution in [-0.4, -0.2) is 152 Å². The Morgan fingerprint density at radius 1 is 0.438 bits per heavy atom. The topological polar surface area (TPSA) is 405 Å². The lowest BCUT2D eigenvalue weighted by molar-refractivity contribution is 0.199. The van der Waals surface area contributed by atoms with E-state index in [-0.39, 0.29) is 92.5 Å². The number of ether oxygens (including phenoxy) is 3. The molecule has 6 heterocycles. The first-order chi connectivity index (χ1) is 60.7. The van der Waals surface area contributed by atoms with Gasteiger partial charge in [0.05, 0.1) is 98.4 Å². The molecule has 14 N–H and O–H groups in total. The average Bonchev–Trinajstić information content (AvgIpc) is 0.782. The Morgan fingerprint density at radius 3 is 1.10 bits per heavy atom. The minimum Gasteiger partial charge on any atom is -0.508 e. The van der Waals surface area contributed by atoms with Crippen LogP contribution in [0.15, 0.2) is 182 Å². The Hall–Kier alpha value is -10.8. The molecule has 11 rings (SSSR count). The van der Waals surface area contributed by atoms with E-state index in [4.69, 9.17) is 65.1 Å². The van der Waals surface area contributed by atoms with Crippen molar-refractivity contribution in [1.82, 2.24) is 39.9 Å². The highest BCUT2D eigenvalue weighted by Crippen LogP contribution is 2.43. The van der Waals surface area contributed by atoms with E-state index in [0.717, 1.165) is 77.3 Å². The number of fused-ring (bicyclic) bond motifs is 4.